The molecule has 0 aliphatic carbocycles. The highest BCUT2D eigenvalue weighted by atomic mass is 19.3. The molecule has 1 fully saturated rings. The van der Waals surface area contributed by atoms with Crippen LogP contribution in [0, 0.1) is 11.6 Å². The number of fused-ring (bicyclic) bond motifs is 2. The molecule has 1 amide bonds. The zero-order valence-corrected chi connectivity index (χ0v) is 18.7. The Morgan fingerprint density at radius 3 is 2.78 bits per heavy atom. The number of ether oxygens (including phenoxy) is 2. The molecule has 2 unspecified atom stereocenters. The molecule has 0 bridgehead atoms. The summed E-state index contributed by atoms with van der Waals surface area (Å²) in [5.41, 5.74) is -0.603. The van der Waals surface area contributed by atoms with E-state index in [1.807, 2.05) is 0 Å². The Bertz CT molecular complexity index is 1440. The maximum Gasteiger partial charge on any atom is 0.289 e. The molecular formula is C22H19F5N6O3. The van der Waals surface area contributed by atoms with Crippen molar-refractivity contribution in [1.82, 2.24) is 29.0 Å². The van der Waals surface area contributed by atoms with Gasteiger partial charge in [0.25, 0.3) is 18.6 Å². The van der Waals surface area contributed by atoms with Crippen molar-refractivity contribution in [3.8, 4) is 11.4 Å². The average Bonchev–Trinajstić information content (AvgIpc) is 3.44. The average molecular weight is 510 g/mol. The van der Waals surface area contributed by atoms with E-state index in [4.69, 9.17) is 9.47 Å². The summed E-state index contributed by atoms with van der Waals surface area (Å²) in [6.45, 7) is 0.979. The zero-order valence-electron chi connectivity index (χ0n) is 18.7. The summed E-state index contributed by atoms with van der Waals surface area (Å²) in [5, 5.41) is 4.05. The quantitative estimate of drug-likeness (QED) is 0.370. The first-order valence-corrected chi connectivity index (χ1v) is 10.8. The van der Waals surface area contributed by atoms with Crippen molar-refractivity contribution < 1.29 is 36.2 Å². The van der Waals surface area contributed by atoms with Crippen molar-refractivity contribution >= 4 is 22.5 Å². The number of hydrogen-bond donors (Lipinski definition) is 0. The minimum Gasteiger partial charge on any atom is -0.382 e. The number of aromatic nitrogens is 5. The highest BCUT2D eigenvalue weighted by molar-refractivity contribution is 5.99. The van der Waals surface area contributed by atoms with Crippen molar-refractivity contribution in [3.63, 3.8) is 0 Å². The molecule has 0 radical (unpaired) electrons. The van der Waals surface area contributed by atoms with Gasteiger partial charge in [-0.05, 0) is 6.07 Å². The van der Waals surface area contributed by atoms with Gasteiger partial charge >= 0.3 is 0 Å². The number of imidazole rings is 1. The molecule has 1 saturated heterocycles. The van der Waals surface area contributed by atoms with Gasteiger partial charge in [0.1, 0.15) is 17.2 Å². The molecule has 36 heavy (non-hydrogen) atoms. The Morgan fingerprint density at radius 2 is 2.03 bits per heavy atom. The van der Waals surface area contributed by atoms with Crippen LogP contribution in [0.5, 0.6) is 0 Å². The van der Waals surface area contributed by atoms with Crippen molar-refractivity contribution in [2.24, 2.45) is 0 Å². The van der Waals surface area contributed by atoms with Gasteiger partial charge < -0.3 is 14.4 Å². The molecule has 9 nitrogen and oxygen atoms in total. The van der Waals surface area contributed by atoms with Crippen LogP contribution in [0.3, 0.4) is 0 Å². The van der Waals surface area contributed by atoms with E-state index in [9.17, 15) is 26.7 Å². The fourth-order valence-electron chi connectivity index (χ4n) is 4.22. The maximum absolute atomic E-state index is 14.6. The molecular weight excluding hydrogens is 491 g/mol. The first-order valence-electron chi connectivity index (χ1n) is 10.8. The molecule has 0 N–H and O–H groups in total. The van der Waals surface area contributed by atoms with Gasteiger partial charge in [0.15, 0.2) is 11.5 Å². The van der Waals surface area contributed by atoms with E-state index >= 15 is 0 Å². The SMILES string of the molecule is COCC1COCCN1C(=O)c1cc2c(cn1)c(-c1cnc3c(F)cc(F)cn13)nn2C(F)C(F)F. The number of hydrogen-bond acceptors (Lipinski definition) is 6. The van der Waals surface area contributed by atoms with Gasteiger partial charge in [0.05, 0.1) is 43.3 Å². The Balaban J connectivity index is 1.65. The third-order valence-electron chi connectivity index (χ3n) is 5.87. The minimum atomic E-state index is -3.43. The van der Waals surface area contributed by atoms with Crippen LogP contribution in [0.4, 0.5) is 22.0 Å². The Kier molecular flexibility index (Phi) is 6.30. The summed E-state index contributed by atoms with van der Waals surface area (Å²) in [5.74, 6) is -2.40. The summed E-state index contributed by atoms with van der Waals surface area (Å²) in [6, 6.07) is 1.40. The monoisotopic (exact) mass is 510 g/mol. The molecule has 5 heterocycles. The Labute approximate surface area is 200 Å². The molecule has 5 rings (SSSR count). The number of halogens is 5. The van der Waals surface area contributed by atoms with E-state index in [1.165, 1.54) is 18.2 Å². The Morgan fingerprint density at radius 1 is 1.22 bits per heavy atom. The van der Waals surface area contributed by atoms with Crippen LogP contribution in [-0.2, 0) is 9.47 Å². The second-order valence-electron chi connectivity index (χ2n) is 8.11. The van der Waals surface area contributed by atoms with Crippen molar-refractivity contribution in [1.29, 1.82) is 0 Å². The lowest BCUT2D eigenvalue weighted by Crippen LogP contribution is -2.50. The number of carbonyl (C=O) groups is 1. The first-order chi connectivity index (χ1) is 17.3. The summed E-state index contributed by atoms with van der Waals surface area (Å²) >= 11 is 0. The second kappa shape index (κ2) is 9.43. The number of alkyl halides is 3. The molecule has 1 aliphatic heterocycles. The van der Waals surface area contributed by atoms with E-state index in [0.717, 1.165) is 22.9 Å². The number of amides is 1. The van der Waals surface area contributed by atoms with Crippen LogP contribution in [0.15, 0.2) is 30.7 Å². The van der Waals surface area contributed by atoms with Crippen molar-refractivity contribution in [2.45, 2.75) is 18.8 Å². The molecule has 0 aromatic carbocycles. The smallest absolute Gasteiger partial charge is 0.289 e. The van der Waals surface area contributed by atoms with E-state index in [2.05, 4.69) is 15.1 Å². The largest absolute Gasteiger partial charge is 0.382 e. The van der Waals surface area contributed by atoms with Crippen LogP contribution in [0.1, 0.15) is 16.8 Å². The van der Waals surface area contributed by atoms with E-state index in [0.29, 0.717) is 10.7 Å². The van der Waals surface area contributed by atoms with Gasteiger partial charge in [0.2, 0.25) is 0 Å². The number of nitrogens with zero attached hydrogens (tertiary/aromatic N) is 6. The fourth-order valence-corrected chi connectivity index (χ4v) is 4.22. The lowest BCUT2D eigenvalue weighted by atomic mass is 10.1. The van der Waals surface area contributed by atoms with Crippen molar-refractivity contribution in [3.05, 3.63) is 48.1 Å². The lowest BCUT2D eigenvalue weighted by molar-refractivity contribution is -0.0254. The second-order valence-corrected chi connectivity index (χ2v) is 8.11. The highest BCUT2D eigenvalue weighted by Crippen LogP contribution is 2.33. The van der Waals surface area contributed by atoms with Gasteiger partial charge in [-0.25, -0.2) is 31.6 Å². The molecule has 0 saturated carbocycles. The normalized spacial score (nSPS) is 17.4. The third kappa shape index (κ3) is 4.05. The number of methoxy groups -OCH3 is 1. The summed E-state index contributed by atoms with van der Waals surface area (Å²) < 4.78 is 81.4. The molecule has 0 spiro atoms. The van der Waals surface area contributed by atoms with Crippen molar-refractivity contribution in [2.75, 3.05) is 33.5 Å². The van der Waals surface area contributed by atoms with E-state index in [1.54, 1.807) is 0 Å². The molecule has 190 valence electrons. The highest BCUT2D eigenvalue weighted by Gasteiger charge is 2.31. The number of morpholine rings is 1. The lowest BCUT2D eigenvalue weighted by Gasteiger charge is -2.34. The summed E-state index contributed by atoms with van der Waals surface area (Å²) in [4.78, 5) is 22.8. The molecule has 2 atom stereocenters. The molecule has 1 aliphatic rings. The summed E-state index contributed by atoms with van der Waals surface area (Å²) in [6.07, 6.45) is -3.02. The van der Waals surface area contributed by atoms with Gasteiger partial charge in [-0.2, -0.15) is 5.10 Å². The van der Waals surface area contributed by atoms with Crippen LogP contribution in [-0.4, -0.2) is 80.9 Å². The van der Waals surface area contributed by atoms with Crippen LogP contribution in [0.25, 0.3) is 27.9 Å². The molecule has 14 heteroatoms. The van der Waals surface area contributed by atoms with Crippen LogP contribution < -0.4 is 0 Å². The zero-order chi connectivity index (χ0) is 25.6. The number of pyridine rings is 2. The Hall–Kier alpha value is -3.65. The van der Waals surface area contributed by atoms with Gasteiger partial charge in [0, 0.05) is 37.5 Å². The number of carbonyl (C=O) groups excluding carboxylic acids is 1. The van der Waals surface area contributed by atoms with Gasteiger partial charge in [-0.15, -0.1) is 0 Å². The van der Waals surface area contributed by atoms with Gasteiger partial charge in [-0.1, -0.05) is 0 Å². The number of rotatable bonds is 6. The van der Waals surface area contributed by atoms with Crippen LogP contribution >= 0.6 is 0 Å². The maximum atomic E-state index is 14.6. The van der Waals surface area contributed by atoms with E-state index < -0.39 is 36.3 Å². The standard InChI is InChI=1S/C22H19F5N6O3/c1-35-9-12-10-36-3-2-31(12)22(34)15-5-16-13(6-28-15)18(30-33(16)20(27)19(25)26)17-7-29-21-14(24)4-11(23)8-32(17)21/h4-8,12,19-20H,2-3,9-10H2,1H3. The van der Waals surface area contributed by atoms with E-state index in [-0.39, 0.29) is 60.0 Å². The third-order valence-corrected chi connectivity index (χ3v) is 5.87. The molecule has 4 aromatic rings. The predicted molar refractivity (Wildman–Crippen MR) is 115 cm³/mol. The fraction of sp³-hybridized carbons (Fsp3) is 0.364. The van der Waals surface area contributed by atoms with Gasteiger partial charge in [-0.3, -0.25) is 14.2 Å². The van der Waals surface area contributed by atoms with Crippen LogP contribution in [0.2, 0.25) is 0 Å². The topological polar surface area (TPSA) is 86.8 Å². The first kappa shape index (κ1) is 24.1. The minimum absolute atomic E-state index is 0.0165. The summed E-state index contributed by atoms with van der Waals surface area (Å²) in [7, 11) is 1.48. The molecule has 4 aromatic heterocycles. The predicted octanol–water partition coefficient (Wildman–Crippen LogP) is 3.24.